The summed E-state index contributed by atoms with van der Waals surface area (Å²) in [5.41, 5.74) is -0.949. The van der Waals surface area contributed by atoms with E-state index in [2.05, 4.69) is 5.32 Å². The standard InChI is InChI=1S/C17H22F3NO4/c1-5-24-15(22)8-11(21-16(23)25-17(2,3)4)6-10-7-13(19)14(20)9-12(10)18/h7,9,11H,5-6,8H2,1-4H3,(H,21,23)/t11-/m1/s1. The van der Waals surface area contributed by atoms with Crippen molar-refractivity contribution in [3.63, 3.8) is 0 Å². The Morgan fingerprint density at radius 2 is 1.72 bits per heavy atom. The average molecular weight is 361 g/mol. The second kappa shape index (κ2) is 8.73. The van der Waals surface area contributed by atoms with E-state index in [1.165, 1.54) is 0 Å². The number of ether oxygens (including phenoxy) is 2. The lowest BCUT2D eigenvalue weighted by Gasteiger charge is -2.23. The van der Waals surface area contributed by atoms with Gasteiger partial charge < -0.3 is 14.8 Å². The van der Waals surface area contributed by atoms with Crippen LogP contribution in [-0.2, 0) is 20.7 Å². The van der Waals surface area contributed by atoms with Gasteiger partial charge in [-0.05, 0) is 45.7 Å². The molecule has 0 aromatic heterocycles. The maximum atomic E-state index is 13.8. The number of benzene rings is 1. The van der Waals surface area contributed by atoms with Crippen LogP contribution >= 0.6 is 0 Å². The summed E-state index contributed by atoms with van der Waals surface area (Å²) < 4.78 is 50.1. The van der Waals surface area contributed by atoms with E-state index in [0.29, 0.717) is 12.1 Å². The number of hydrogen-bond acceptors (Lipinski definition) is 4. The van der Waals surface area contributed by atoms with Crippen LogP contribution in [0.5, 0.6) is 0 Å². The zero-order valence-electron chi connectivity index (χ0n) is 14.6. The van der Waals surface area contributed by atoms with Crippen LogP contribution in [0.2, 0.25) is 0 Å². The number of esters is 1. The largest absolute Gasteiger partial charge is 0.466 e. The Morgan fingerprint density at radius 3 is 2.28 bits per heavy atom. The zero-order chi connectivity index (χ0) is 19.2. The van der Waals surface area contributed by atoms with E-state index >= 15 is 0 Å². The quantitative estimate of drug-likeness (QED) is 0.622. The lowest BCUT2D eigenvalue weighted by Crippen LogP contribution is -2.41. The van der Waals surface area contributed by atoms with Gasteiger partial charge in [-0.15, -0.1) is 0 Å². The van der Waals surface area contributed by atoms with Gasteiger partial charge >= 0.3 is 12.1 Å². The molecule has 0 unspecified atom stereocenters. The van der Waals surface area contributed by atoms with E-state index in [1.54, 1.807) is 27.7 Å². The van der Waals surface area contributed by atoms with E-state index in [-0.39, 0.29) is 25.0 Å². The van der Waals surface area contributed by atoms with Gasteiger partial charge in [0.25, 0.3) is 0 Å². The molecule has 1 rings (SSSR count). The first kappa shape index (κ1) is 20.8. The molecule has 0 heterocycles. The molecule has 0 aliphatic heterocycles. The molecule has 8 heteroatoms. The van der Waals surface area contributed by atoms with Crippen molar-refractivity contribution in [2.75, 3.05) is 6.61 Å². The zero-order valence-corrected chi connectivity index (χ0v) is 14.6. The van der Waals surface area contributed by atoms with Crippen LogP contribution in [-0.4, -0.2) is 30.3 Å². The molecular weight excluding hydrogens is 339 g/mol. The molecule has 0 saturated carbocycles. The Kier molecular flexibility index (Phi) is 7.26. The van der Waals surface area contributed by atoms with Crippen molar-refractivity contribution in [3.8, 4) is 0 Å². The minimum absolute atomic E-state index is 0.136. The molecule has 5 nitrogen and oxygen atoms in total. The molecule has 0 fully saturated rings. The number of rotatable bonds is 6. The second-order valence-electron chi connectivity index (χ2n) is 6.41. The van der Waals surface area contributed by atoms with Crippen molar-refractivity contribution in [2.45, 2.75) is 52.2 Å². The molecule has 0 aliphatic rings. The summed E-state index contributed by atoms with van der Waals surface area (Å²) >= 11 is 0. The Balaban J connectivity index is 2.92. The predicted octanol–water partition coefficient (Wildman–Crippen LogP) is 3.49. The van der Waals surface area contributed by atoms with Gasteiger partial charge in [0.15, 0.2) is 11.6 Å². The van der Waals surface area contributed by atoms with Gasteiger partial charge in [0.05, 0.1) is 13.0 Å². The lowest BCUT2D eigenvalue weighted by molar-refractivity contribution is -0.143. The van der Waals surface area contributed by atoms with E-state index in [4.69, 9.17) is 9.47 Å². The molecule has 0 bridgehead atoms. The smallest absolute Gasteiger partial charge is 0.407 e. The van der Waals surface area contributed by atoms with E-state index < -0.39 is 41.2 Å². The van der Waals surface area contributed by atoms with E-state index in [1.807, 2.05) is 0 Å². The molecule has 1 atom stereocenters. The first-order valence-electron chi connectivity index (χ1n) is 7.80. The molecule has 1 aromatic carbocycles. The molecule has 0 saturated heterocycles. The van der Waals surface area contributed by atoms with Gasteiger partial charge in [-0.25, -0.2) is 18.0 Å². The third-order valence-corrected chi connectivity index (χ3v) is 2.99. The van der Waals surface area contributed by atoms with Crippen LogP contribution in [0.1, 0.15) is 39.7 Å². The Labute approximate surface area is 144 Å². The molecule has 0 radical (unpaired) electrons. The predicted molar refractivity (Wildman–Crippen MR) is 84.4 cm³/mol. The third kappa shape index (κ3) is 7.45. The summed E-state index contributed by atoms with van der Waals surface area (Å²) in [6.07, 6.45) is -1.32. The SMILES string of the molecule is CCOC(=O)C[C@@H](Cc1cc(F)c(F)cc1F)NC(=O)OC(C)(C)C. The fourth-order valence-corrected chi connectivity index (χ4v) is 2.06. The minimum Gasteiger partial charge on any atom is -0.466 e. The van der Waals surface area contributed by atoms with Crippen LogP contribution in [0.25, 0.3) is 0 Å². The molecule has 1 aromatic rings. The Morgan fingerprint density at radius 1 is 1.12 bits per heavy atom. The molecule has 0 spiro atoms. The Hall–Kier alpha value is -2.25. The summed E-state index contributed by atoms with van der Waals surface area (Å²) in [6, 6.07) is 0.201. The highest BCUT2D eigenvalue weighted by Crippen LogP contribution is 2.17. The van der Waals surface area contributed by atoms with Gasteiger partial charge in [-0.3, -0.25) is 4.79 Å². The van der Waals surface area contributed by atoms with E-state index in [9.17, 15) is 22.8 Å². The molecular formula is C17H22F3NO4. The lowest BCUT2D eigenvalue weighted by atomic mass is 10.0. The summed E-state index contributed by atoms with van der Waals surface area (Å²) in [5.74, 6) is -4.13. The summed E-state index contributed by atoms with van der Waals surface area (Å²) in [5, 5.41) is 2.43. The van der Waals surface area contributed by atoms with E-state index in [0.717, 1.165) is 0 Å². The molecule has 25 heavy (non-hydrogen) atoms. The highest BCUT2D eigenvalue weighted by atomic mass is 19.2. The average Bonchev–Trinajstić information content (AvgIpc) is 2.42. The molecule has 1 N–H and O–H groups in total. The maximum Gasteiger partial charge on any atom is 0.407 e. The first-order chi connectivity index (χ1) is 11.5. The minimum atomic E-state index is -1.32. The molecule has 0 aliphatic carbocycles. The number of amides is 1. The van der Waals surface area contributed by atoms with Crippen molar-refractivity contribution in [1.82, 2.24) is 5.32 Å². The fourth-order valence-electron chi connectivity index (χ4n) is 2.06. The van der Waals surface area contributed by atoms with Gasteiger partial charge in [-0.1, -0.05) is 0 Å². The van der Waals surface area contributed by atoms with Crippen molar-refractivity contribution >= 4 is 12.1 Å². The number of halogens is 3. The number of nitrogens with one attached hydrogen (secondary N) is 1. The molecule has 1 amide bonds. The van der Waals surface area contributed by atoms with Crippen LogP contribution in [0.15, 0.2) is 12.1 Å². The second-order valence-corrected chi connectivity index (χ2v) is 6.41. The summed E-state index contributed by atoms with van der Waals surface area (Å²) in [4.78, 5) is 23.6. The van der Waals surface area contributed by atoms with Crippen molar-refractivity contribution in [3.05, 3.63) is 35.1 Å². The monoisotopic (exact) mass is 361 g/mol. The van der Waals surface area contributed by atoms with Crippen LogP contribution < -0.4 is 5.32 Å². The van der Waals surface area contributed by atoms with Gasteiger partial charge in [-0.2, -0.15) is 0 Å². The summed E-state index contributed by atoms with van der Waals surface area (Å²) in [6.45, 7) is 6.71. The van der Waals surface area contributed by atoms with Gasteiger partial charge in [0, 0.05) is 12.1 Å². The number of carbonyl (C=O) groups excluding carboxylic acids is 2. The van der Waals surface area contributed by atoms with Crippen molar-refractivity contribution in [1.29, 1.82) is 0 Å². The fraction of sp³-hybridized carbons (Fsp3) is 0.529. The van der Waals surface area contributed by atoms with Crippen molar-refractivity contribution in [2.24, 2.45) is 0 Å². The normalized spacial score (nSPS) is 12.4. The number of alkyl carbamates (subject to hydrolysis) is 1. The summed E-state index contributed by atoms with van der Waals surface area (Å²) in [7, 11) is 0. The highest BCUT2D eigenvalue weighted by Gasteiger charge is 2.23. The number of hydrogen-bond donors (Lipinski definition) is 1. The topological polar surface area (TPSA) is 64.6 Å². The highest BCUT2D eigenvalue weighted by molar-refractivity contribution is 5.73. The van der Waals surface area contributed by atoms with Gasteiger partial charge in [0.2, 0.25) is 0 Å². The first-order valence-corrected chi connectivity index (χ1v) is 7.80. The van der Waals surface area contributed by atoms with Gasteiger partial charge in [0.1, 0.15) is 11.4 Å². The molecule has 140 valence electrons. The van der Waals surface area contributed by atoms with Crippen LogP contribution in [0, 0.1) is 17.5 Å². The number of carbonyl (C=O) groups is 2. The van der Waals surface area contributed by atoms with Crippen molar-refractivity contribution < 1.29 is 32.2 Å². The van der Waals surface area contributed by atoms with Crippen LogP contribution in [0.4, 0.5) is 18.0 Å². The van der Waals surface area contributed by atoms with Crippen LogP contribution in [0.3, 0.4) is 0 Å². The Bertz CT molecular complexity index is 629. The maximum absolute atomic E-state index is 13.8. The third-order valence-electron chi connectivity index (χ3n) is 2.99.